The summed E-state index contributed by atoms with van der Waals surface area (Å²) < 4.78 is 5.63. The van der Waals surface area contributed by atoms with Gasteiger partial charge in [-0.15, -0.1) is 0 Å². The van der Waals surface area contributed by atoms with Gasteiger partial charge in [0.25, 0.3) is 0 Å². The smallest absolute Gasteiger partial charge is 0.128 e. The van der Waals surface area contributed by atoms with Gasteiger partial charge in [-0.2, -0.15) is 0 Å². The summed E-state index contributed by atoms with van der Waals surface area (Å²) in [4.78, 5) is 0. The summed E-state index contributed by atoms with van der Waals surface area (Å²) in [6.07, 6.45) is 6.14. The van der Waals surface area contributed by atoms with E-state index in [9.17, 15) is 0 Å². The lowest BCUT2D eigenvalue weighted by atomic mass is 10.2. The minimum atomic E-state index is 0.719. The Hall–Kier alpha value is -1.51. The minimum Gasteiger partial charge on any atom is -0.493 e. The first-order valence-corrected chi connectivity index (χ1v) is 5.77. The van der Waals surface area contributed by atoms with Crippen LogP contribution in [0.4, 0.5) is 0 Å². The Morgan fingerprint density at radius 2 is 2.06 bits per heavy atom. The zero-order valence-electron chi connectivity index (χ0n) is 9.72. The van der Waals surface area contributed by atoms with E-state index in [0.717, 1.165) is 24.3 Å². The molecule has 3 heteroatoms. The van der Waals surface area contributed by atoms with Gasteiger partial charge in [0.1, 0.15) is 5.75 Å². The highest BCUT2D eigenvalue weighted by Crippen LogP contribution is 2.16. The average molecular weight is 221 g/mol. The summed E-state index contributed by atoms with van der Waals surface area (Å²) in [7, 11) is 0. The van der Waals surface area contributed by atoms with Crippen LogP contribution in [0.2, 0.25) is 0 Å². The molecule has 0 spiro atoms. The van der Waals surface area contributed by atoms with Crippen LogP contribution in [0.1, 0.15) is 38.2 Å². The molecule has 88 valence electrons. The molecule has 16 heavy (non-hydrogen) atoms. The fourth-order valence-electron chi connectivity index (χ4n) is 1.49. The van der Waals surface area contributed by atoms with E-state index in [1.54, 1.807) is 0 Å². The van der Waals surface area contributed by atoms with E-state index in [1.165, 1.54) is 25.5 Å². The molecule has 0 atom stereocenters. The molecule has 3 nitrogen and oxygen atoms in total. The fourth-order valence-corrected chi connectivity index (χ4v) is 1.49. The molecule has 0 amide bonds. The molecule has 1 aromatic carbocycles. The molecule has 0 saturated heterocycles. The van der Waals surface area contributed by atoms with Gasteiger partial charge < -0.3 is 9.94 Å². The van der Waals surface area contributed by atoms with Crippen molar-refractivity contribution in [3.63, 3.8) is 0 Å². The average Bonchev–Trinajstić information content (AvgIpc) is 2.31. The first kappa shape index (κ1) is 12.6. The van der Waals surface area contributed by atoms with Gasteiger partial charge in [-0.25, -0.2) is 0 Å². The van der Waals surface area contributed by atoms with Gasteiger partial charge in [-0.05, 0) is 18.6 Å². The molecule has 1 aromatic rings. The molecule has 0 aromatic heterocycles. The number of hydrogen-bond acceptors (Lipinski definition) is 3. The third-order valence-electron chi connectivity index (χ3n) is 2.37. The van der Waals surface area contributed by atoms with Gasteiger partial charge in [0.05, 0.1) is 12.8 Å². The Labute approximate surface area is 96.7 Å². The van der Waals surface area contributed by atoms with E-state index in [-0.39, 0.29) is 0 Å². The third-order valence-corrected chi connectivity index (χ3v) is 2.37. The molecule has 1 rings (SSSR count). The number of rotatable bonds is 7. The molecule has 0 saturated carbocycles. The number of benzene rings is 1. The maximum absolute atomic E-state index is 8.50. The number of para-hydroxylation sites is 1. The number of unbranched alkanes of at least 4 members (excludes halogenated alkanes) is 3. The van der Waals surface area contributed by atoms with Crippen LogP contribution in [0, 0.1) is 0 Å². The highest BCUT2D eigenvalue weighted by Gasteiger charge is 1.99. The van der Waals surface area contributed by atoms with Crippen LogP contribution in [-0.2, 0) is 0 Å². The Morgan fingerprint density at radius 3 is 2.81 bits per heavy atom. The summed E-state index contributed by atoms with van der Waals surface area (Å²) in [5, 5.41) is 11.5. The van der Waals surface area contributed by atoms with Crippen molar-refractivity contribution in [2.24, 2.45) is 5.16 Å². The quantitative estimate of drug-likeness (QED) is 0.331. The fraction of sp³-hybridized carbons (Fsp3) is 0.462. The van der Waals surface area contributed by atoms with Crippen LogP contribution in [-0.4, -0.2) is 18.0 Å². The van der Waals surface area contributed by atoms with Crippen LogP contribution < -0.4 is 4.74 Å². The molecule has 0 aliphatic heterocycles. The summed E-state index contributed by atoms with van der Waals surface area (Å²) in [6, 6.07) is 7.55. The molecule has 0 fully saturated rings. The normalized spacial score (nSPS) is 10.8. The minimum absolute atomic E-state index is 0.719. The predicted molar refractivity (Wildman–Crippen MR) is 65.5 cm³/mol. The number of oxime groups is 1. The van der Waals surface area contributed by atoms with E-state index in [4.69, 9.17) is 9.94 Å². The Balaban J connectivity index is 2.40. The van der Waals surface area contributed by atoms with Crippen molar-refractivity contribution in [2.75, 3.05) is 6.61 Å². The third kappa shape index (κ3) is 4.34. The Bertz CT molecular complexity index is 323. The number of nitrogens with zero attached hydrogens (tertiary/aromatic N) is 1. The van der Waals surface area contributed by atoms with E-state index in [0.29, 0.717) is 0 Å². The highest BCUT2D eigenvalue weighted by atomic mass is 16.5. The van der Waals surface area contributed by atoms with Crippen molar-refractivity contribution >= 4 is 6.21 Å². The van der Waals surface area contributed by atoms with E-state index in [1.807, 2.05) is 24.3 Å². The summed E-state index contributed by atoms with van der Waals surface area (Å²) in [6.45, 7) is 2.91. The summed E-state index contributed by atoms with van der Waals surface area (Å²) in [5.41, 5.74) is 0.806. The molecule has 0 radical (unpaired) electrons. The van der Waals surface area contributed by atoms with Crippen molar-refractivity contribution in [1.29, 1.82) is 0 Å². The molecular weight excluding hydrogens is 202 g/mol. The van der Waals surface area contributed by atoms with Gasteiger partial charge in [0, 0.05) is 5.56 Å². The molecule has 0 aliphatic carbocycles. The maximum atomic E-state index is 8.50. The van der Waals surface area contributed by atoms with Gasteiger partial charge in [-0.1, -0.05) is 43.5 Å². The summed E-state index contributed by atoms with van der Waals surface area (Å²) in [5.74, 6) is 0.775. The van der Waals surface area contributed by atoms with Gasteiger partial charge in [0.2, 0.25) is 0 Å². The van der Waals surface area contributed by atoms with Crippen molar-refractivity contribution in [2.45, 2.75) is 32.6 Å². The lowest BCUT2D eigenvalue weighted by Crippen LogP contribution is -1.99. The second kappa shape index (κ2) is 7.74. The molecule has 0 unspecified atom stereocenters. The standard InChI is InChI=1S/C13H19NO2/c1-2-3-4-7-10-16-13-9-6-5-8-12(13)11-14-15/h5-6,8-9,11,15H,2-4,7,10H2,1H3. The monoisotopic (exact) mass is 221 g/mol. The summed E-state index contributed by atoms with van der Waals surface area (Å²) >= 11 is 0. The molecular formula is C13H19NO2. The van der Waals surface area contributed by atoms with Crippen molar-refractivity contribution in [3.8, 4) is 5.75 Å². The Kier molecular flexibility index (Phi) is 6.07. The molecule has 0 bridgehead atoms. The van der Waals surface area contributed by atoms with Crippen molar-refractivity contribution in [1.82, 2.24) is 0 Å². The lowest BCUT2D eigenvalue weighted by molar-refractivity contribution is 0.303. The van der Waals surface area contributed by atoms with Crippen LogP contribution >= 0.6 is 0 Å². The SMILES string of the molecule is CCCCCCOc1ccccc1C=NO. The van der Waals surface area contributed by atoms with Crippen molar-refractivity contribution < 1.29 is 9.94 Å². The van der Waals surface area contributed by atoms with Crippen LogP contribution in [0.25, 0.3) is 0 Å². The first-order chi connectivity index (χ1) is 7.88. The molecule has 1 N–H and O–H groups in total. The zero-order valence-corrected chi connectivity index (χ0v) is 9.72. The van der Waals surface area contributed by atoms with Gasteiger partial charge in [0.15, 0.2) is 0 Å². The zero-order chi connectivity index (χ0) is 11.6. The number of hydrogen-bond donors (Lipinski definition) is 1. The largest absolute Gasteiger partial charge is 0.493 e. The van der Waals surface area contributed by atoms with Crippen LogP contribution in [0.3, 0.4) is 0 Å². The van der Waals surface area contributed by atoms with Gasteiger partial charge >= 0.3 is 0 Å². The van der Waals surface area contributed by atoms with Gasteiger partial charge in [-0.3, -0.25) is 0 Å². The van der Waals surface area contributed by atoms with Crippen LogP contribution in [0.5, 0.6) is 5.75 Å². The Morgan fingerprint density at radius 1 is 1.25 bits per heavy atom. The molecule has 0 aliphatic rings. The second-order valence-corrected chi connectivity index (χ2v) is 3.69. The first-order valence-electron chi connectivity index (χ1n) is 5.77. The van der Waals surface area contributed by atoms with E-state index in [2.05, 4.69) is 12.1 Å². The van der Waals surface area contributed by atoms with E-state index >= 15 is 0 Å². The second-order valence-electron chi connectivity index (χ2n) is 3.69. The van der Waals surface area contributed by atoms with E-state index < -0.39 is 0 Å². The maximum Gasteiger partial charge on any atom is 0.128 e. The lowest BCUT2D eigenvalue weighted by Gasteiger charge is -2.08. The highest BCUT2D eigenvalue weighted by molar-refractivity contribution is 5.82. The topological polar surface area (TPSA) is 41.8 Å². The molecule has 0 heterocycles. The van der Waals surface area contributed by atoms with Crippen molar-refractivity contribution in [3.05, 3.63) is 29.8 Å². The number of ether oxygens (including phenoxy) is 1. The predicted octanol–water partition coefficient (Wildman–Crippen LogP) is 3.45. The van der Waals surface area contributed by atoms with Crippen LogP contribution in [0.15, 0.2) is 29.4 Å².